The second-order valence-electron chi connectivity index (χ2n) is 6.53. The summed E-state index contributed by atoms with van der Waals surface area (Å²) in [6.45, 7) is 5.51. The number of hydrogen-bond donors (Lipinski definition) is 0. The van der Waals surface area contributed by atoms with E-state index in [1.165, 1.54) is 32.3 Å². The van der Waals surface area contributed by atoms with Crippen molar-refractivity contribution in [3.63, 3.8) is 0 Å². The number of hydrogen-bond acceptors (Lipinski definition) is 5. The Morgan fingerprint density at radius 3 is 2.36 bits per heavy atom. The summed E-state index contributed by atoms with van der Waals surface area (Å²) in [5.41, 5.74) is 4.16. The quantitative estimate of drug-likeness (QED) is 0.711. The lowest BCUT2D eigenvalue weighted by Crippen LogP contribution is -2.22. The van der Waals surface area contributed by atoms with Gasteiger partial charge in [0.05, 0.1) is 5.69 Å². The van der Waals surface area contributed by atoms with Crippen molar-refractivity contribution in [1.29, 1.82) is 0 Å². The van der Waals surface area contributed by atoms with Gasteiger partial charge in [-0.3, -0.25) is 0 Å². The Balaban J connectivity index is 1.49. The average molecular weight is 334 g/mol. The molecule has 1 aliphatic heterocycles. The Labute approximate surface area is 147 Å². The van der Waals surface area contributed by atoms with E-state index in [9.17, 15) is 0 Å². The first-order valence-corrected chi connectivity index (χ1v) is 8.84. The molecule has 0 bridgehead atoms. The summed E-state index contributed by atoms with van der Waals surface area (Å²) >= 11 is 0. The molecule has 1 aliphatic rings. The highest BCUT2D eigenvalue weighted by molar-refractivity contribution is 5.66. The van der Waals surface area contributed by atoms with Gasteiger partial charge in [0.2, 0.25) is 5.89 Å². The molecule has 0 aliphatic carbocycles. The molecule has 0 N–H and O–H groups in total. The molecule has 1 saturated heterocycles. The first-order valence-electron chi connectivity index (χ1n) is 8.84. The molecule has 5 nitrogen and oxygen atoms in total. The van der Waals surface area contributed by atoms with Gasteiger partial charge in [-0.1, -0.05) is 12.1 Å². The van der Waals surface area contributed by atoms with Crippen LogP contribution in [0.4, 0.5) is 0 Å². The van der Waals surface area contributed by atoms with Gasteiger partial charge in [-0.25, -0.2) is 15.0 Å². The molecule has 3 heterocycles. The minimum absolute atomic E-state index is 0.699. The SMILES string of the molecule is Cc1oc(-c2ccc(-c3cncnc3)cc2)nc1CCN1CCCC1. The van der Waals surface area contributed by atoms with Crippen molar-refractivity contribution >= 4 is 0 Å². The molecular weight excluding hydrogens is 312 g/mol. The third kappa shape index (κ3) is 3.61. The van der Waals surface area contributed by atoms with Crippen LogP contribution in [0.15, 0.2) is 47.4 Å². The van der Waals surface area contributed by atoms with Crippen LogP contribution in [0.5, 0.6) is 0 Å². The maximum Gasteiger partial charge on any atom is 0.226 e. The zero-order valence-electron chi connectivity index (χ0n) is 14.5. The van der Waals surface area contributed by atoms with E-state index in [2.05, 4.69) is 27.0 Å². The van der Waals surface area contributed by atoms with E-state index < -0.39 is 0 Å². The molecule has 3 aromatic rings. The number of likely N-dealkylation sites (tertiary alicyclic amines) is 1. The highest BCUT2D eigenvalue weighted by atomic mass is 16.4. The predicted molar refractivity (Wildman–Crippen MR) is 97.1 cm³/mol. The van der Waals surface area contributed by atoms with Crippen molar-refractivity contribution in [3.8, 4) is 22.6 Å². The molecular formula is C20H22N4O. The number of benzene rings is 1. The van der Waals surface area contributed by atoms with Crippen LogP contribution < -0.4 is 0 Å². The summed E-state index contributed by atoms with van der Waals surface area (Å²) in [5.74, 6) is 1.62. The Kier molecular flexibility index (Phi) is 4.57. The van der Waals surface area contributed by atoms with Gasteiger partial charge < -0.3 is 9.32 Å². The summed E-state index contributed by atoms with van der Waals surface area (Å²) in [6.07, 6.45) is 8.76. The molecule has 0 unspecified atom stereocenters. The van der Waals surface area contributed by atoms with Crippen LogP contribution >= 0.6 is 0 Å². The van der Waals surface area contributed by atoms with Gasteiger partial charge >= 0.3 is 0 Å². The first-order chi connectivity index (χ1) is 12.3. The molecule has 4 rings (SSSR count). The molecule has 0 atom stereocenters. The van der Waals surface area contributed by atoms with Gasteiger partial charge in [0.25, 0.3) is 0 Å². The van der Waals surface area contributed by atoms with Gasteiger partial charge in [-0.05, 0) is 50.6 Å². The second kappa shape index (κ2) is 7.15. The zero-order valence-corrected chi connectivity index (χ0v) is 14.5. The lowest BCUT2D eigenvalue weighted by molar-refractivity contribution is 0.341. The first kappa shape index (κ1) is 16.0. The highest BCUT2D eigenvalue weighted by Crippen LogP contribution is 2.25. The summed E-state index contributed by atoms with van der Waals surface area (Å²) in [5, 5.41) is 0. The Hall–Kier alpha value is -2.53. The highest BCUT2D eigenvalue weighted by Gasteiger charge is 2.15. The van der Waals surface area contributed by atoms with Crippen molar-refractivity contribution in [2.75, 3.05) is 19.6 Å². The van der Waals surface area contributed by atoms with E-state index in [4.69, 9.17) is 9.40 Å². The van der Waals surface area contributed by atoms with Gasteiger partial charge in [0, 0.05) is 36.5 Å². The normalized spacial score (nSPS) is 14.9. The predicted octanol–water partition coefficient (Wildman–Crippen LogP) is 3.75. The van der Waals surface area contributed by atoms with Crippen molar-refractivity contribution in [2.24, 2.45) is 0 Å². The smallest absolute Gasteiger partial charge is 0.226 e. The molecule has 0 radical (unpaired) electrons. The topological polar surface area (TPSA) is 55.1 Å². The second-order valence-corrected chi connectivity index (χ2v) is 6.53. The van der Waals surface area contributed by atoms with E-state index in [0.29, 0.717) is 5.89 Å². The zero-order chi connectivity index (χ0) is 17.1. The number of oxazole rings is 1. The van der Waals surface area contributed by atoms with Crippen LogP contribution in [0.1, 0.15) is 24.3 Å². The molecule has 0 spiro atoms. The van der Waals surface area contributed by atoms with Gasteiger partial charge in [0.1, 0.15) is 12.1 Å². The summed E-state index contributed by atoms with van der Waals surface area (Å²) in [4.78, 5) is 15.4. The fourth-order valence-corrected chi connectivity index (χ4v) is 3.31. The third-order valence-electron chi connectivity index (χ3n) is 4.78. The average Bonchev–Trinajstić information content (AvgIpc) is 3.30. The summed E-state index contributed by atoms with van der Waals surface area (Å²) in [6, 6.07) is 8.19. The van der Waals surface area contributed by atoms with Crippen LogP contribution in [0.3, 0.4) is 0 Å². The van der Waals surface area contributed by atoms with E-state index in [1.54, 1.807) is 0 Å². The maximum atomic E-state index is 5.91. The summed E-state index contributed by atoms with van der Waals surface area (Å²) in [7, 11) is 0. The number of rotatable bonds is 5. The van der Waals surface area contributed by atoms with Crippen molar-refractivity contribution < 1.29 is 4.42 Å². The van der Waals surface area contributed by atoms with Gasteiger partial charge in [-0.2, -0.15) is 0 Å². The van der Waals surface area contributed by atoms with Crippen LogP contribution in [0.25, 0.3) is 22.6 Å². The number of nitrogens with zero attached hydrogens (tertiary/aromatic N) is 4. The van der Waals surface area contributed by atoms with Crippen molar-refractivity contribution in [2.45, 2.75) is 26.2 Å². The Morgan fingerprint density at radius 1 is 0.960 bits per heavy atom. The number of aryl methyl sites for hydroxylation is 1. The lowest BCUT2D eigenvalue weighted by Gasteiger charge is -2.12. The van der Waals surface area contributed by atoms with E-state index in [-0.39, 0.29) is 0 Å². The van der Waals surface area contributed by atoms with Gasteiger partial charge in [-0.15, -0.1) is 0 Å². The standard InChI is InChI=1S/C20H22N4O/c1-15-19(8-11-24-9-2-3-10-24)23-20(25-15)17-6-4-16(5-7-17)18-12-21-14-22-13-18/h4-7,12-14H,2-3,8-11H2,1H3. The minimum Gasteiger partial charge on any atom is -0.441 e. The maximum absolute atomic E-state index is 5.91. The molecule has 1 fully saturated rings. The Bertz CT molecular complexity index is 821. The molecule has 0 amide bonds. The fraction of sp³-hybridized carbons (Fsp3) is 0.350. The van der Waals surface area contributed by atoms with Crippen LogP contribution in [-0.2, 0) is 6.42 Å². The molecule has 5 heteroatoms. The molecule has 128 valence electrons. The lowest BCUT2D eigenvalue weighted by atomic mass is 10.1. The fourth-order valence-electron chi connectivity index (χ4n) is 3.31. The molecule has 1 aromatic carbocycles. The van der Waals surface area contributed by atoms with Crippen LogP contribution in [-0.4, -0.2) is 39.5 Å². The van der Waals surface area contributed by atoms with Crippen molar-refractivity contribution in [3.05, 3.63) is 54.4 Å². The van der Waals surface area contributed by atoms with E-state index in [0.717, 1.165) is 41.1 Å². The van der Waals surface area contributed by atoms with Crippen LogP contribution in [0, 0.1) is 6.92 Å². The monoisotopic (exact) mass is 334 g/mol. The van der Waals surface area contributed by atoms with Crippen molar-refractivity contribution in [1.82, 2.24) is 19.9 Å². The largest absolute Gasteiger partial charge is 0.441 e. The minimum atomic E-state index is 0.699. The van der Waals surface area contributed by atoms with Gasteiger partial charge in [0.15, 0.2) is 0 Å². The van der Waals surface area contributed by atoms with E-state index in [1.807, 2.05) is 31.5 Å². The molecule has 2 aromatic heterocycles. The third-order valence-corrected chi connectivity index (χ3v) is 4.78. The van der Waals surface area contributed by atoms with Crippen LogP contribution in [0.2, 0.25) is 0 Å². The molecule has 25 heavy (non-hydrogen) atoms. The summed E-state index contributed by atoms with van der Waals surface area (Å²) < 4.78 is 5.91. The Morgan fingerprint density at radius 2 is 1.64 bits per heavy atom. The van der Waals surface area contributed by atoms with E-state index >= 15 is 0 Å². The number of aromatic nitrogens is 3. The molecule has 0 saturated carbocycles.